The number of aliphatic hydroxyl groups excluding tert-OH is 1. The van der Waals surface area contributed by atoms with Crippen molar-refractivity contribution in [2.75, 3.05) is 0 Å². The third-order valence-corrected chi connectivity index (χ3v) is 3.29. The molecule has 1 saturated carbocycles. The molecule has 0 unspecified atom stereocenters. The Morgan fingerprint density at radius 3 is 2.33 bits per heavy atom. The Labute approximate surface area is 91.4 Å². The maximum absolute atomic E-state index is 9.37. The normalized spacial score (nSPS) is 19.1. The van der Waals surface area contributed by atoms with Crippen molar-refractivity contribution in [2.45, 2.75) is 32.1 Å². The number of allylic oxidation sites excluding steroid dienone is 1. The molecule has 1 fully saturated rings. The number of hydrogen-bond acceptors (Lipinski definition) is 1. The van der Waals surface area contributed by atoms with Gasteiger partial charge in [0.15, 0.2) is 0 Å². The van der Waals surface area contributed by atoms with Crippen molar-refractivity contribution in [3.63, 3.8) is 0 Å². The number of hydrogen-bond donors (Lipinski definition) is 1. The highest BCUT2D eigenvalue weighted by Gasteiger charge is 2.18. The average Bonchev–Trinajstić information content (AvgIpc) is 2.33. The second-order valence-electron chi connectivity index (χ2n) is 4.29. The summed E-state index contributed by atoms with van der Waals surface area (Å²) in [6.07, 6.45) is 7.71. The second-order valence-corrected chi connectivity index (χ2v) is 4.29. The zero-order chi connectivity index (χ0) is 10.5. The lowest BCUT2D eigenvalue weighted by Crippen LogP contribution is -2.08. The van der Waals surface area contributed by atoms with Crippen LogP contribution in [0.3, 0.4) is 0 Å². The molecule has 0 atom stereocenters. The molecule has 15 heavy (non-hydrogen) atoms. The molecule has 0 heterocycles. The van der Waals surface area contributed by atoms with Gasteiger partial charge in [-0.15, -0.1) is 0 Å². The molecule has 2 rings (SSSR count). The van der Waals surface area contributed by atoms with Gasteiger partial charge in [0.25, 0.3) is 0 Å². The molecule has 1 aliphatic carbocycles. The molecule has 0 spiro atoms. The van der Waals surface area contributed by atoms with E-state index in [-0.39, 0.29) is 0 Å². The van der Waals surface area contributed by atoms with E-state index in [0.29, 0.717) is 5.92 Å². The van der Waals surface area contributed by atoms with Crippen LogP contribution in [0.5, 0.6) is 0 Å². The highest BCUT2D eigenvalue weighted by atomic mass is 16.2. The molecule has 80 valence electrons. The summed E-state index contributed by atoms with van der Waals surface area (Å²) in [7, 11) is 0. The molecule has 1 aromatic carbocycles. The first-order valence-electron chi connectivity index (χ1n) is 5.81. The van der Waals surface area contributed by atoms with Gasteiger partial charge in [-0.3, -0.25) is 0 Å². The minimum atomic E-state index is 0.561. The van der Waals surface area contributed by atoms with Crippen LogP contribution >= 0.6 is 0 Å². The molecule has 1 aliphatic rings. The van der Waals surface area contributed by atoms with Gasteiger partial charge in [-0.1, -0.05) is 49.6 Å². The first kappa shape index (κ1) is 10.3. The van der Waals surface area contributed by atoms with Crippen molar-refractivity contribution < 1.29 is 5.11 Å². The molecule has 1 nitrogen and oxygen atoms in total. The molecular weight excluding hydrogens is 184 g/mol. The van der Waals surface area contributed by atoms with E-state index >= 15 is 0 Å². The summed E-state index contributed by atoms with van der Waals surface area (Å²) in [4.78, 5) is 0. The third kappa shape index (κ3) is 2.41. The van der Waals surface area contributed by atoms with Gasteiger partial charge >= 0.3 is 0 Å². The van der Waals surface area contributed by atoms with E-state index in [1.807, 2.05) is 18.2 Å². The van der Waals surface area contributed by atoms with Crippen LogP contribution < -0.4 is 0 Å². The Bertz CT molecular complexity index is 320. The third-order valence-electron chi connectivity index (χ3n) is 3.29. The Hall–Kier alpha value is -1.24. The summed E-state index contributed by atoms with van der Waals surface area (Å²) in [5.74, 6) is 0.561. The lowest BCUT2D eigenvalue weighted by atomic mass is 9.81. The highest BCUT2D eigenvalue weighted by Crippen LogP contribution is 2.34. The molecule has 0 radical (unpaired) electrons. The van der Waals surface area contributed by atoms with Gasteiger partial charge in [0.2, 0.25) is 0 Å². The number of benzene rings is 1. The van der Waals surface area contributed by atoms with E-state index in [0.717, 1.165) is 5.57 Å². The van der Waals surface area contributed by atoms with Crippen LogP contribution in [0.15, 0.2) is 36.6 Å². The Morgan fingerprint density at radius 2 is 1.73 bits per heavy atom. The van der Waals surface area contributed by atoms with Gasteiger partial charge in [0.05, 0.1) is 6.26 Å². The summed E-state index contributed by atoms with van der Waals surface area (Å²) >= 11 is 0. The maximum atomic E-state index is 9.37. The molecule has 1 N–H and O–H groups in total. The summed E-state index contributed by atoms with van der Waals surface area (Å²) in [5.41, 5.74) is 2.29. The molecule has 0 aromatic heterocycles. The fourth-order valence-electron chi connectivity index (χ4n) is 2.46. The predicted octanol–water partition coefficient (Wildman–Crippen LogP) is 4.17. The molecular formula is C14H18O. The van der Waals surface area contributed by atoms with Gasteiger partial charge in [-0.2, -0.15) is 0 Å². The van der Waals surface area contributed by atoms with Crippen molar-refractivity contribution in [2.24, 2.45) is 5.92 Å². The van der Waals surface area contributed by atoms with Crippen LogP contribution in [0.1, 0.15) is 37.7 Å². The fraction of sp³-hybridized carbons (Fsp3) is 0.429. The van der Waals surface area contributed by atoms with Crippen LogP contribution in [0.25, 0.3) is 5.57 Å². The second kappa shape index (κ2) is 5.01. The summed E-state index contributed by atoms with van der Waals surface area (Å²) in [5, 5.41) is 9.37. The smallest absolute Gasteiger partial charge is 0.0832 e. The maximum Gasteiger partial charge on any atom is 0.0832 e. The van der Waals surface area contributed by atoms with Gasteiger partial charge in [-0.25, -0.2) is 0 Å². The molecule has 0 bridgehead atoms. The van der Waals surface area contributed by atoms with E-state index in [9.17, 15) is 5.11 Å². The van der Waals surface area contributed by atoms with Crippen LogP contribution in [0.2, 0.25) is 0 Å². The molecule has 0 amide bonds. The molecule has 0 saturated heterocycles. The van der Waals surface area contributed by atoms with Crippen molar-refractivity contribution in [3.8, 4) is 0 Å². The minimum absolute atomic E-state index is 0.561. The zero-order valence-electron chi connectivity index (χ0n) is 9.02. The molecule has 0 aliphatic heterocycles. The number of aliphatic hydroxyl groups is 1. The van der Waals surface area contributed by atoms with Crippen molar-refractivity contribution in [1.29, 1.82) is 0 Å². The van der Waals surface area contributed by atoms with Crippen molar-refractivity contribution in [3.05, 3.63) is 42.2 Å². The lowest BCUT2D eigenvalue weighted by molar-refractivity contribution is 0.414. The van der Waals surface area contributed by atoms with Gasteiger partial charge < -0.3 is 5.11 Å². The van der Waals surface area contributed by atoms with Crippen LogP contribution in [-0.4, -0.2) is 5.11 Å². The first-order valence-corrected chi connectivity index (χ1v) is 5.81. The number of rotatable bonds is 2. The quantitative estimate of drug-likeness (QED) is 0.714. The van der Waals surface area contributed by atoms with E-state index in [4.69, 9.17) is 0 Å². The average molecular weight is 202 g/mol. The van der Waals surface area contributed by atoms with Crippen molar-refractivity contribution in [1.82, 2.24) is 0 Å². The van der Waals surface area contributed by atoms with E-state index < -0.39 is 0 Å². The van der Waals surface area contributed by atoms with Crippen molar-refractivity contribution >= 4 is 5.57 Å². The SMILES string of the molecule is O/C=C(/c1ccccc1)C1CCCCC1. The largest absolute Gasteiger partial charge is 0.515 e. The van der Waals surface area contributed by atoms with E-state index in [1.165, 1.54) is 43.9 Å². The fourth-order valence-corrected chi connectivity index (χ4v) is 2.46. The molecule has 1 heteroatoms. The first-order chi connectivity index (χ1) is 7.42. The lowest BCUT2D eigenvalue weighted by Gasteiger charge is -2.23. The Morgan fingerprint density at radius 1 is 1.07 bits per heavy atom. The van der Waals surface area contributed by atoms with Gasteiger partial charge in [0.1, 0.15) is 0 Å². The summed E-state index contributed by atoms with van der Waals surface area (Å²) in [6.45, 7) is 0. The summed E-state index contributed by atoms with van der Waals surface area (Å²) < 4.78 is 0. The van der Waals surface area contributed by atoms with E-state index in [1.54, 1.807) is 0 Å². The van der Waals surface area contributed by atoms with E-state index in [2.05, 4.69) is 12.1 Å². The minimum Gasteiger partial charge on any atom is -0.515 e. The predicted molar refractivity (Wildman–Crippen MR) is 63.6 cm³/mol. The Kier molecular flexibility index (Phi) is 3.44. The Balaban J connectivity index is 2.17. The van der Waals surface area contributed by atoms with Crippen LogP contribution in [0.4, 0.5) is 0 Å². The van der Waals surface area contributed by atoms with Crippen LogP contribution in [-0.2, 0) is 0 Å². The monoisotopic (exact) mass is 202 g/mol. The highest BCUT2D eigenvalue weighted by molar-refractivity contribution is 5.66. The van der Waals surface area contributed by atoms with Gasteiger partial charge in [0, 0.05) is 0 Å². The zero-order valence-corrected chi connectivity index (χ0v) is 9.02. The van der Waals surface area contributed by atoms with Crippen LogP contribution in [0, 0.1) is 5.92 Å². The molecule has 1 aromatic rings. The standard InChI is InChI=1S/C14H18O/c15-11-14(12-7-3-1-4-8-12)13-9-5-2-6-10-13/h1,3-4,7-8,11,13,15H,2,5-6,9-10H2/b14-11-. The topological polar surface area (TPSA) is 20.2 Å². The summed E-state index contributed by atoms with van der Waals surface area (Å²) in [6, 6.07) is 10.2. The van der Waals surface area contributed by atoms with Gasteiger partial charge in [-0.05, 0) is 29.9 Å².